The Kier molecular flexibility index (Phi) is 5.20. The van der Waals surface area contributed by atoms with Crippen molar-refractivity contribution in [3.63, 3.8) is 0 Å². The van der Waals surface area contributed by atoms with Crippen molar-refractivity contribution in [3.8, 4) is 0 Å². The highest BCUT2D eigenvalue weighted by atomic mass is 79.9. The van der Waals surface area contributed by atoms with Crippen LogP contribution in [0, 0.1) is 0 Å². The molecule has 0 saturated heterocycles. The van der Waals surface area contributed by atoms with Crippen molar-refractivity contribution in [2.24, 2.45) is 5.73 Å². The lowest BCUT2D eigenvalue weighted by molar-refractivity contribution is -0.146. The van der Waals surface area contributed by atoms with Gasteiger partial charge >= 0.3 is 5.97 Å². The topological polar surface area (TPSA) is 52.3 Å². The monoisotopic (exact) mass is 333 g/mol. The first-order valence-electron chi connectivity index (χ1n) is 5.68. The molecule has 18 heavy (non-hydrogen) atoms. The van der Waals surface area contributed by atoms with Gasteiger partial charge in [-0.2, -0.15) is 0 Å². The van der Waals surface area contributed by atoms with E-state index in [-0.39, 0.29) is 18.4 Å². The summed E-state index contributed by atoms with van der Waals surface area (Å²) in [6.45, 7) is 0. The molecule has 1 fully saturated rings. The highest BCUT2D eigenvalue weighted by Crippen LogP contribution is 2.40. The Morgan fingerprint density at radius 1 is 1.56 bits per heavy atom. The number of hydrogen-bond acceptors (Lipinski definition) is 3. The van der Waals surface area contributed by atoms with Crippen molar-refractivity contribution in [1.82, 2.24) is 0 Å². The number of carbonyl (C=O) groups excluding carboxylic acids is 1. The van der Waals surface area contributed by atoms with Crippen LogP contribution in [-0.4, -0.2) is 18.6 Å². The number of rotatable bonds is 2. The van der Waals surface area contributed by atoms with Crippen LogP contribution in [-0.2, 0) is 9.53 Å². The maximum Gasteiger partial charge on any atom is 0.325 e. The van der Waals surface area contributed by atoms with Gasteiger partial charge in [0.2, 0.25) is 0 Å². The molecular formula is C13H17BrClNO2. The molecule has 100 valence electrons. The first kappa shape index (κ1) is 15.5. The van der Waals surface area contributed by atoms with E-state index < -0.39 is 5.54 Å². The van der Waals surface area contributed by atoms with Gasteiger partial charge in [0, 0.05) is 4.47 Å². The summed E-state index contributed by atoms with van der Waals surface area (Å²) in [5.74, 6) is 0.0478. The first-order chi connectivity index (χ1) is 8.05. The Labute approximate surface area is 122 Å². The molecule has 0 aliphatic heterocycles. The molecule has 0 amide bonds. The van der Waals surface area contributed by atoms with E-state index in [4.69, 9.17) is 10.5 Å². The Bertz CT molecular complexity index is 441. The van der Waals surface area contributed by atoms with E-state index in [0.717, 1.165) is 10.9 Å². The molecule has 1 aromatic carbocycles. The van der Waals surface area contributed by atoms with Gasteiger partial charge in [0.05, 0.1) is 7.11 Å². The fraction of sp³-hybridized carbons (Fsp3) is 0.462. The van der Waals surface area contributed by atoms with Gasteiger partial charge in [0.25, 0.3) is 0 Å². The molecule has 5 heteroatoms. The Balaban J connectivity index is 0.00000162. The molecule has 0 spiro atoms. The van der Waals surface area contributed by atoms with E-state index in [1.165, 1.54) is 12.7 Å². The molecule has 1 saturated carbocycles. The number of halogens is 2. The Hall–Kier alpha value is -0.580. The second kappa shape index (κ2) is 6.04. The van der Waals surface area contributed by atoms with Gasteiger partial charge in [-0.05, 0) is 42.9 Å². The molecule has 0 aromatic heterocycles. The molecule has 1 aliphatic rings. The maximum atomic E-state index is 11.6. The van der Waals surface area contributed by atoms with Gasteiger partial charge in [0.1, 0.15) is 5.54 Å². The predicted molar refractivity (Wildman–Crippen MR) is 76.9 cm³/mol. The summed E-state index contributed by atoms with van der Waals surface area (Å²) >= 11 is 3.46. The first-order valence-corrected chi connectivity index (χ1v) is 6.47. The van der Waals surface area contributed by atoms with Crippen molar-refractivity contribution < 1.29 is 9.53 Å². The zero-order valence-corrected chi connectivity index (χ0v) is 12.6. The summed E-state index contributed by atoms with van der Waals surface area (Å²) in [5, 5.41) is 0. The molecule has 0 radical (unpaired) electrons. The Morgan fingerprint density at radius 2 is 2.28 bits per heavy atom. The summed E-state index contributed by atoms with van der Waals surface area (Å²) < 4.78 is 5.83. The zero-order valence-electron chi connectivity index (χ0n) is 10.2. The van der Waals surface area contributed by atoms with Crippen LogP contribution in [0.3, 0.4) is 0 Å². The second-order valence-corrected chi connectivity index (χ2v) is 5.56. The smallest absolute Gasteiger partial charge is 0.325 e. The Morgan fingerprint density at radius 3 is 2.89 bits per heavy atom. The van der Waals surface area contributed by atoms with Gasteiger partial charge in [-0.1, -0.05) is 28.1 Å². The van der Waals surface area contributed by atoms with Gasteiger partial charge in [-0.25, -0.2) is 0 Å². The lowest BCUT2D eigenvalue weighted by Gasteiger charge is -2.20. The van der Waals surface area contributed by atoms with Crippen LogP contribution in [0.2, 0.25) is 0 Å². The second-order valence-electron chi connectivity index (χ2n) is 4.64. The third kappa shape index (κ3) is 3.05. The van der Waals surface area contributed by atoms with Gasteiger partial charge in [-0.3, -0.25) is 4.79 Å². The molecule has 2 N–H and O–H groups in total. The lowest BCUT2D eigenvalue weighted by Crippen LogP contribution is -2.46. The number of ether oxygens (including phenoxy) is 1. The minimum Gasteiger partial charge on any atom is -0.468 e. The molecule has 1 aliphatic carbocycles. The molecule has 0 heterocycles. The average Bonchev–Trinajstić information content (AvgIpc) is 2.72. The fourth-order valence-corrected chi connectivity index (χ4v) is 2.93. The quantitative estimate of drug-likeness (QED) is 0.846. The van der Waals surface area contributed by atoms with Gasteiger partial charge in [-0.15, -0.1) is 12.4 Å². The van der Waals surface area contributed by atoms with E-state index in [1.54, 1.807) is 0 Å². The minimum atomic E-state index is -0.804. The highest BCUT2D eigenvalue weighted by molar-refractivity contribution is 9.10. The molecule has 0 bridgehead atoms. The molecule has 1 aromatic rings. The highest BCUT2D eigenvalue weighted by Gasteiger charge is 2.43. The average molecular weight is 335 g/mol. The van der Waals surface area contributed by atoms with E-state index in [1.807, 2.05) is 12.1 Å². The van der Waals surface area contributed by atoms with Crippen LogP contribution >= 0.6 is 28.3 Å². The number of esters is 1. The van der Waals surface area contributed by atoms with E-state index in [9.17, 15) is 4.79 Å². The SMILES string of the molecule is COC(=O)[C@@]1(N)CC[C@@H](c2cccc(Br)c2)C1.Cl. The van der Waals surface area contributed by atoms with Crippen molar-refractivity contribution in [3.05, 3.63) is 34.3 Å². The van der Waals surface area contributed by atoms with E-state index >= 15 is 0 Å². The zero-order chi connectivity index (χ0) is 12.5. The summed E-state index contributed by atoms with van der Waals surface area (Å²) in [5.41, 5.74) is 6.52. The third-order valence-corrected chi connectivity index (χ3v) is 3.95. The summed E-state index contributed by atoms with van der Waals surface area (Å²) in [6.07, 6.45) is 2.29. The largest absolute Gasteiger partial charge is 0.468 e. The number of benzene rings is 1. The summed E-state index contributed by atoms with van der Waals surface area (Å²) in [6, 6.07) is 8.18. The van der Waals surface area contributed by atoms with Crippen LogP contribution in [0.15, 0.2) is 28.7 Å². The maximum absolute atomic E-state index is 11.6. The number of carbonyl (C=O) groups is 1. The number of nitrogens with two attached hydrogens (primary N) is 1. The van der Waals surface area contributed by atoms with Crippen LogP contribution in [0.25, 0.3) is 0 Å². The van der Waals surface area contributed by atoms with Crippen molar-refractivity contribution in [2.45, 2.75) is 30.7 Å². The molecule has 3 nitrogen and oxygen atoms in total. The van der Waals surface area contributed by atoms with Crippen LogP contribution in [0.4, 0.5) is 0 Å². The van der Waals surface area contributed by atoms with Crippen LogP contribution in [0.1, 0.15) is 30.7 Å². The lowest BCUT2D eigenvalue weighted by atomic mass is 9.93. The molecule has 0 unspecified atom stereocenters. The van der Waals surface area contributed by atoms with E-state index in [2.05, 4.69) is 28.1 Å². The molecule has 2 atom stereocenters. The predicted octanol–water partition coefficient (Wildman–Crippen LogP) is 3.01. The summed E-state index contributed by atoms with van der Waals surface area (Å²) in [4.78, 5) is 11.6. The number of hydrogen-bond donors (Lipinski definition) is 1. The van der Waals surface area contributed by atoms with Crippen LogP contribution in [0.5, 0.6) is 0 Å². The van der Waals surface area contributed by atoms with E-state index in [0.29, 0.717) is 18.8 Å². The van der Waals surface area contributed by atoms with Gasteiger partial charge < -0.3 is 10.5 Å². The van der Waals surface area contributed by atoms with Gasteiger partial charge in [0.15, 0.2) is 0 Å². The van der Waals surface area contributed by atoms with Crippen molar-refractivity contribution in [1.29, 1.82) is 0 Å². The normalized spacial score (nSPS) is 26.5. The fourth-order valence-electron chi connectivity index (χ4n) is 2.51. The van der Waals surface area contributed by atoms with Crippen molar-refractivity contribution in [2.75, 3.05) is 7.11 Å². The summed E-state index contributed by atoms with van der Waals surface area (Å²) in [7, 11) is 1.39. The van der Waals surface area contributed by atoms with Crippen LogP contribution < -0.4 is 5.73 Å². The third-order valence-electron chi connectivity index (χ3n) is 3.46. The standard InChI is InChI=1S/C13H16BrNO2.ClH/c1-17-12(16)13(15)6-5-10(8-13)9-3-2-4-11(14)7-9;/h2-4,7,10H,5-6,8,15H2,1H3;1H/t10-,13-;/m1./s1. The minimum absolute atomic E-state index is 0. The van der Waals surface area contributed by atoms with Crippen molar-refractivity contribution >= 4 is 34.3 Å². The number of methoxy groups -OCH3 is 1. The molecular weight excluding hydrogens is 318 g/mol. The molecule has 2 rings (SSSR count).